The topological polar surface area (TPSA) is 175 Å². The Morgan fingerprint density at radius 2 is 0.699 bits per heavy atom. The third-order valence-corrected chi connectivity index (χ3v) is 19.5. The van der Waals surface area contributed by atoms with Crippen molar-refractivity contribution in [2.24, 2.45) is 0 Å². The van der Waals surface area contributed by atoms with Crippen LogP contribution in [0.4, 0.5) is 0 Å². The van der Waals surface area contributed by atoms with Gasteiger partial charge >= 0.3 is 5.97 Å². The number of amides is 1. The van der Waals surface area contributed by atoms with Crippen LogP contribution in [0.5, 0.6) is 0 Å². The number of aliphatic hydroxyl groups excluding tert-OH is 5. The number of carbonyl (C=O) groups excluding carboxylic acids is 2. The third-order valence-electron chi connectivity index (χ3n) is 19.5. The van der Waals surface area contributed by atoms with Crippen molar-refractivity contribution in [2.75, 3.05) is 19.8 Å². The quantitative estimate of drug-likeness (QED) is 0.0195. The standard InChI is InChI=1S/C82H155NO10/c1-3-5-7-9-11-13-14-15-16-40-44-47-50-54-58-62-66-70-78(87)91-71-67-63-59-55-51-48-45-42-39-37-35-33-31-29-27-25-23-21-19-17-18-20-22-24-26-28-30-32-34-36-38-41-43-46-49-53-57-61-65-69-77(86)83-74(75(85)68-64-60-56-52-12-10-8-6-4-2)73-92-82-81(90)80(89)79(88)76(72-84)93-82/h12,17-18,52,64,68,74-76,79-82,84-85,88-90H,3-11,13-16,19-51,53-63,65-67,69-73H2,1-2H3,(H,83,86)/b18-17-,52-12+,68-64+. The monoisotopic (exact) mass is 1310 g/mol. The number of allylic oxidation sites excluding steroid dienone is 5. The van der Waals surface area contributed by atoms with Crippen LogP contribution in [0, 0.1) is 0 Å². The highest BCUT2D eigenvalue weighted by molar-refractivity contribution is 5.76. The lowest BCUT2D eigenvalue weighted by Gasteiger charge is -2.40. The van der Waals surface area contributed by atoms with Crippen LogP contribution < -0.4 is 5.32 Å². The molecule has 0 aromatic heterocycles. The predicted octanol–water partition coefficient (Wildman–Crippen LogP) is 22.1. The first-order valence-corrected chi connectivity index (χ1v) is 40.8. The number of esters is 1. The molecule has 548 valence electrons. The highest BCUT2D eigenvalue weighted by Crippen LogP contribution is 2.24. The largest absolute Gasteiger partial charge is 0.466 e. The van der Waals surface area contributed by atoms with Crippen LogP contribution in [-0.2, 0) is 23.8 Å². The molecule has 0 spiro atoms. The number of hydrogen-bond donors (Lipinski definition) is 6. The summed E-state index contributed by atoms with van der Waals surface area (Å²) in [5, 5.41) is 54.3. The van der Waals surface area contributed by atoms with E-state index in [1.54, 1.807) is 6.08 Å². The predicted molar refractivity (Wildman–Crippen MR) is 394 cm³/mol. The lowest BCUT2D eigenvalue weighted by Crippen LogP contribution is -2.60. The van der Waals surface area contributed by atoms with Gasteiger partial charge in [0.2, 0.25) is 5.91 Å². The second-order valence-electron chi connectivity index (χ2n) is 28.5. The molecule has 11 heteroatoms. The van der Waals surface area contributed by atoms with E-state index in [2.05, 4.69) is 43.5 Å². The third kappa shape index (κ3) is 59.6. The second-order valence-corrected chi connectivity index (χ2v) is 28.5. The van der Waals surface area contributed by atoms with Crippen LogP contribution >= 0.6 is 0 Å². The summed E-state index contributed by atoms with van der Waals surface area (Å²) in [6.45, 7) is 4.33. The smallest absolute Gasteiger partial charge is 0.305 e. The van der Waals surface area contributed by atoms with Crippen LogP contribution in [-0.4, -0.2) is 100 Å². The molecule has 1 aliphatic rings. The van der Waals surface area contributed by atoms with Crippen molar-refractivity contribution >= 4 is 11.9 Å². The molecule has 7 atom stereocenters. The summed E-state index contributed by atoms with van der Waals surface area (Å²) in [6.07, 6.45) is 83.6. The molecule has 1 saturated heterocycles. The lowest BCUT2D eigenvalue weighted by atomic mass is 9.99. The maximum Gasteiger partial charge on any atom is 0.305 e. The first kappa shape index (κ1) is 88.9. The van der Waals surface area contributed by atoms with Crippen molar-refractivity contribution in [3.63, 3.8) is 0 Å². The fourth-order valence-corrected chi connectivity index (χ4v) is 13.1. The molecule has 0 aliphatic carbocycles. The highest BCUT2D eigenvalue weighted by Gasteiger charge is 2.44. The van der Waals surface area contributed by atoms with E-state index >= 15 is 0 Å². The van der Waals surface area contributed by atoms with Gasteiger partial charge < -0.3 is 45.1 Å². The van der Waals surface area contributed by atoms with Gasteiger partial charge in [-0.2, -0.15) is 0 Å². The first-order chi connectivity index (χ1) is 45.7. The minimum Gasteiger partial charge on any atom is -0.466 e. The average Bonchev–Trinajstić information content (AvgIpc) is 1.06. The van der Waals surface area contributed by atoms with Gasteiger partial charge in [-0.25, -0.2) is 0 Å². The number of carbonyl (C=O) groups is 2. The van der Waals surface area contributed by atoms with Gasteiger partial charge in [0.05, 0.1) is 32.0 Å². The molecule has 1 heterocycles. The molecule has 1 aliphatic heterocycles. The molecule has 0 bridgehead atoms. The van der Waals surface area contributed by atoms with E-state index in [9.17, 15) is 35.1 Å². The van der Waals surface area contributed by atoms with E-state index < -0.39 is 49.5 Å². The zero-order valence-electron chi connectivity index (χ0n) is 61.2. The maximum absolute atomic E-state index is 13.0. The second kappa shape index (κ2) is 71.2. The van der Waals surface area contributed by atoms with Crippen molar-refractivity contribution in [2.45, 2.75) is 455 Å². The summed E-state index contributed by atoms with van der Waals surface area (Å²) in [5.74, 6) is -0.167. The van der Waals surface area contributed by atoms with Gasteiger partial charge in [0.15, 0.2) is 6.29 Å². The van der Waals surface area contributed by atoms with Crippen LogP contribution in [0.3, 0.4) is 0 Å². The summed E-state index contributed by atoms with van der Waals surface area (Å²) in [7, 11) is 0. The molecule has 0 saturated carbocycles. The Morgan fingerprint density at radius 1 is 0.387 bits per heavy atom. The first-order valence-electron chi connectivity index (χ1n) is 40.8. The van der Waals surface area contributed by atoms with Crippen molar-refractivity contribution in [1.82, 2.24) is 5.32 Å². The van der Waals surface area contributed by atoms with Crippen LogP contribution in [0.25, 0.3) is 0 Å². The van der Waals surface area contributed by atoms with Crippen LogP contribution in [0.15, 0.2) is 36.5 Å². The molecular formula is C82H155NO10. The van der Waals surface area contributed by atoms with Crippen molar-refractivity contribution < 1.29 is 49.3 Å². The molecule has 7 unspecified atom stereocenters. The van der Waals surface area contributed by atoms with E-state index in [1.807, 2.05) is 6.08 Å². The molecule has 6 N–H and O–H groups in total. The van der Waals surface area contributed by atoms with E-state index in [1.165, 1.54) is 334 Å². The van der Waals surface area contributed by atoms with Gasteiger partial charge in [-0.1, -0.05) is 365 Å². The van der Waals surface area contributed by atoms with Crippen LogP contribution in [0.2, 0.25) is 0 Å². The van der Waals surface area contributed by atoms with Gasteiger partial charge in [0.25, 0.3) is 0 Å². The zero-order chi connectivity index (χ0) is 67.2. The number of aliphatic hydroxyl groups is 5. The van der Waals surface area contributed by atoms with Gasteiger partial charge in [-0.3, -0.25) is 9.59 Å². The molecular weight excluding hydrogens is 1160 g/mol. The minimum atomic E-state index is -1.57. The van der Waals surface area contributed by atoms with E-state index in [0.29, 0.717) is 19.4 Å². The number of unbranched alkanes of at least 4 members (excludes halogenated alkanes) is 55. The molecule has 0 aromatic rings. The van der Waals surface area contributed by atoms with Crippen molar-refractivity contribution in [1.29, 1.82) is 0 Å². The van der Waals surface area contributed by atoms with Gasteiger partial charge in [-0.15, -0.1) is 0 Å². The average molecular weight is 1320 g/mol. The molecule has 1 fully saturated rings. The van der Waals surface area contributed by atoms with Crippen LogP contribution in [0.1, 0.15) is 412 Å². The molecule has 11 nitrogen and oxygen atoms in total. The molecule has 0 radical (unpaired) electrons. The Hall–Kier alpha value is -2.12. The van der Waals surface area contributed by atoms with Gasteiger partial charge in [-0.05, 0) is 70.6 Å². The Morgan fingerprint density at radius 3 is 1.09 bits per heavy atom. The fraction of sp³-hybridized carbons (Fsp3) is 0.902. The SMILES string of the molecule is CCCCC/C=C/CC/C=C/C(O)C(COC1OC(CO)C(O)C(O)C1O)NC(=O)CCCCCCCCCCCCCCCCCCC/C=C\CCCCCCCCCCCCCCCCCCCCOC(=O)CCCCCCCCCCCCCCCCCCC. The summed E-state index contributed by atoms with van der Waals surface area (Å²) in [6, 6.07) is -0.823. The molecule has 1 amide bonds. The summed E-state index contributed by atoms with van der Waals surface area (Å²) < 4.78 is 16.7. The number of ether oxygens (including phenoxy) is 3. The van der Waals surface area contributed by atoms with Crippen molar-refractivity contribution in [3.8, 4) is 0 Å². The summed E-state index contributed by atoms with van der Waals surface area (Å²) >= 11 is 0. The summed E-state index contributed by atoms with van der Waals surface area (Å²) in [4.78, 5) is 25.1. The Balaban J connectivity index is 1.84. The lowest BCUT2D eigenvalue weighted by molar-refractivity contribution is -0.302. The molecule has 0 aromatic carbocycles. The molecule has 93 heavy (non-hydrogen) atoms. The van der Waals surface area contributed by atoms with E-state index in [-0.39, 0.29) is 18.5 Å². The number of nitrogens with one attached hydrogen (secondary N) is 1. The Kier molecular flexibility index (Phi) is 68.0. The number of hydrogen-bond acceptors (Lipinski definition) is 10. The maximum atomic E-state index is 13.0. The van der Waals surface area contributed by atoms with E-state index in [0.717, 1.165) is 51.4 Å². The van der Waals surface area contributed by atoms with Crippen molar-refractivity contribution in [3.05, 3.63) is 36.5 Å². The normalized spacial score (nSPS) is 17.6. The van der Waals surface area contributed by atoms with Gasteiger partial charge in [0, 0.05) is 12.8 Å². The zero-order valence-corrected chi connectivity index (χ0v) is 61.2. The Bertz CT molecular complexity index is 1640. The fourth-order valence-electron chi connectivity index (χ4n) is 13.1. The van der Waals surface area contributed by atoms with Gasteiger partial charge in [0.1, 0.15) is 24.4 Å². The Labute approximate surface area is 574 Å². The number of rotatable bonds is 73. The highest BCUT2D eigenvalue weighted by atomic mass is 16.7. The molecule has 1 rings (SSSR count). The summed E-state index contributed by atoms with van der Waals surface area (Å²) in [5.41, 5.74) is 0. The van der Waals surface area contributed by atoms with E-state index in [4.69, 9.17) is 14.2 Å². The minimum absolute atomic E-state index is 0.0213.